The number of fused-ring (bicyclic) bond motifs is 1. The lowest BCUT2D eigenvalue weighted by molar-refractivity contribution is -0.108. The molecule has 0 fully saturated rings. The third-order valence-electron chi connectivity index (χ3n) is 3.88. The molecule has 0 saturated carbocycles. The summed E-state index contributed by atoms with van der Waals surface area (Å²) in [6.07, 6.45) is 2.74. The van der Waals surface area contributed by atoms with Crippen LogP contribution in [0.5, 0.6) is 11.5 Å². The van der Waals surface area contributed by atoms with Crippen LogP contribution in [0.1, 0.15) is 23.6 Å². The number of rotatable bonds is 6. The fraction of sp³-hybridized carbons (Fsp3) is 0.412. The van der Waals surface area contributed by atoms with E-state index in [0.29, 0.717) is 24.5 Å². The van der Waals surface area contributed by atoms with Gasteiger partial charge in [0, 0.05) is 13.0 Å². The highest BCUT2D eigenvalue weighted by atomic mass is 16.6. The summed E-state index contributed by atoms with van der Waals surface area (Å²) in [5.74, 6) is 1.21. The number of amides is 1. The van der Waals surface area contributed by atoms with Gasteiger partial charge in [0.25, 0.3) is 0 Å². The molecule has 1 aromatic carbocycles. The molecule has 1 heterocycles. The van der Waals surface area contributed by atoms with E-state index in [2.05, 4.69) is 6.58 Å². The topological polar surface area (TPSA) is 65.1 Å². The minimum Gasteiger partial charge on any atom is -0.493 e. The molecule has 1 aromatic rings. The third kappa shape index (κ3) is 3.47. The molecule has 124 valence electrons. The van der Waals surface area contributed by atoms with Gasteiger partial charge in [-0.3, -0.25) is 0 Å². The van der Waals surface area contributed by atoms with Crippen molar-refractivity contribution in [1.82, 2.24) is 4.90 Å². The van der Waals surface area contributed by atoms with Gasteiger partial charge in [-0.2, -0.15) is 0 Å². The molecule has 23 heavy (non-hydrogen) atoms. The van der Waals surface area contributed by atoms with Gasteiger partial charge in [-0.25, -0.2) is 4.79 Å². The Labute approximate surface area is 135 Å². The molecule has 2 rings (SSSR count). The summed E-state index contributed by atoms with van der Waals surface area (Å²) in [7, 11) is 3.13. The van der Waals surface area contributed by atoms with Crippen molar-refractivity contribution in [2.75, 3.05) is 27.4 Å². The molecule has 0 radical (unpaired) electrons. The maximum atomic E-state index is 12.2. The molecule has 1 atom stereocenters. The molecule has 0 aliphatic carbocycles. The normalized spacial score (nSPS) is 16.3. The Morgan fingerprint density at radius 3 is 2.65 bits per heavy atom. The number of hydrogen-bond acceptors (Lipinski definition) is 5. The first kappa shape index (κ1) is 16.9. The van der Waals surface area contributed by atoms with Crippen molar-refractivity contribution in [3.8, 4) is 11.5 Å². The van der Waals surface area contributed by atoms with E-state index in [4.69, 9.17) is 14.2 Å². The zero-order valence-corrected chi connectivity index (χ0v) is 13.4. The van der Waals surface area contributed by atoms with E-state index in [1.807, 2.05) is 12.1 Å². The lowest BCUT2D eigenvalue weighted by Gasteiger charge is -2.36. The van der Waals surface area contributed by atoms with E-state index in [0.717, 1.165) is 17.4 Å². The van der Waals surface area contributed by atoms with Crippen LogP contribution in [0.15, 0.2) is 24.8 Å². The van der Waals surface area contributed by atoms with Crippen molar-refractivity contribution >= 4 is 12.4 Å². The summed E-state index contributed by atoms with van der Waals surface area (Å²) in [5.41, 5.74) is 1.93. The SMILES string of the molecule is C=CCOC(=O)N1CCc2cc(OC)c(OC)cc2[C@H]1CC=O. The molecule has 0 aromatic heterocycles. The van der Waals surface area contributed by atoms with Gasteiger partial charge in [0.15, 0.2) is 11.5 Å². The van der Waals surface area contributed by atoms with Crippen molar-refractivity contribution in [2.24, 2.45) is 0 Å². The second-order valence-corrected chi connectivity index (χ2v) is 5.13. The Balaban J connectivity index is 2.38. The van der Waals surface area contributed by atoms with Crippen molar-refractivity contribution in [3.63, 3.8) is 0 Å². The van der Waals surface area contributed by atoms with Crippen LogP contribution >= 0.6 is 0 Å². The molecule has 1 aliphatic rings. The molecular formula is C17H21NO5. The lowest BCUT2D eigenvalue weighted by Crippen LogP contribution is -2.40. The van der Waals surface area contributed by atoms with Crippen LogP contribution in [0.25, 0.3) is 0 Å². The fourth-order valence-electron chi connectivity index (χ4n) is 2.81. The maximum Gasteiger partial charge on any atom is 0.410 e. The predicted molar refractivity (Wildman–Crippen MR) is 84.9 cm³/mol. The minimum absolute atomic E-state index is 0.141. The van der Waals surface area contributed by atoms with Crippen LogP contribution < -0.4 is 9.47 Å². The maximum absolute atomic E-state index is 12.2. The summed E-state index contributed by atoms with van der Waals surface area (Å²) in [6, 6.07) is 3.36. The summed E-state index contributed by atoms with van der Waals surface area (Å²) in [6.45, 7) is 4.15. The van der Waals surface area contributed by atoms with Gasteiger partial charge in [0.05, 0.1) is 20.3 Å². The first-order valence-electron chi connectivity index (χ1n) is 7.39. The van der Waals surface area contributed by atoms with E-state index in [-0.39, 0.29) is 19.1 Å². The minimum atomic E-state index is -0.447. The van der Waals surface area contributed by atoms with Gasteiger partial charge in [-0.1, -0.05) is 12.7 Å². The Hall–Kier alpha value is -2.50. The van der Waals surface area contributed by atoms with Crippen molar-refractivity contribution in [3.05, 3.63) is 35.9 Å². The fourth-order valence-corrected chi connectivity index (χ4v) is 2.81. The number of aldehydes is 1. The molecule has 0 bridgehead atoms. The van der Waals surface area contributed by atoms with Gasteiger partial charge < -0.3 is 23.9 Å². The van der Waals surface area contributed by atoms with Gasteiger partial charge in [0.2, 0.25) is 0 Å². The first-order chi connectivity index (χ1) is 11.2. The Kier molecular flexibility index (Phi) is 5.62. The van der Waals surface area contributed by atoms with Gasteiger partial charge >= 0.3 is 6.09 Å². The summed E-state index contributed by atoms with van der Waals surface area (Å²) < 4.78 is 15.8. The van der Waals surface area contributed by atoms with Crippen molar-refractivity contribution < 1.29 is 23.8 Å². The molecule has 0 unspecified atom stereocenters. The first-order valence-corrected chi connectivity index (χ1v) is 7.39. The van der Waals surface area contributed by atoms with Crippen LogP contribution in [0.2, 0.25) is 0 Å². The molecule has 6 heteroatoms. The van der Waals surface area contributed by atoms with E-state index >= 15 is 0 Å². The van der Waals surface area contributed by atoms with E-state index in [9.17, 15) is 9.59 Å². The largest absolute Gasteiger partial charge is 0.493 e. The summed E-state index contributed by atoms with van der Waals surface area (Å²) >= 11 is 0. The third-order valence-corrected chi connectivity index (χ3v) is 3.88. The highest BCUT2D eigenvalue weighted by Gasteiger charge is 2.32. The standard InChI is InChI=1S/C17H21NO5/c1-4-9-23-17(20)18-7-5-12-10-15(21-2)16(22-3)11-13(12)14(18)6-8-19/h4,8,10-11,14H,1,5-7,9H2,2-3H3/t14-/m1/s1. The van der Waals surface area contributed by atoms with Gasteiger partial charge in [-0.15, -0.1) is 0 Å². The molecule has 0 N–H and O–H groups in total. The lowest BCUT2D eigenvalue weighted by atomic mass is 9.90. The van der Waals surface area contributed by atoms with Gasteiger partial charge in [-0.05, 0) is 29.7 Å². The van der Waals surface area contributed by atoms with Crippen LogP contribution in [0.4, 0.5) is 4.79 Å². The monoisotopic (exact) mass is 319 g/mol. The quantitative estimate of drug-likeness (QED) is 0.595. The Morgan fingerprint density at radius 1 is 1.35 bits per heavy atom. The number of carbonyl (C=O) groups excluding carboxylic acids is 2. The average molecular weight is 319 g/mol. The highest BCUT2D eigenvalue weighted by Crippen LogP contribution is 2.39. The molecule has 0 spiro atoms. The molecular weight excluding hydrogens is 298 g/mol. The number of hydrogen-bond donors (Lipinski definition) is 0. The van der Waals surface area contributed by atoms with Crippen LogP contribution in [0.3, 0.4) is 0 Å². The second-order valence-electron chi connectivity index (χ2n) is 5.13. The molecule has 6 nitrogen and oxygen atoms in total. The predicted octanol–water partition coefficient (Wildman–Crippen LogP) is 2.51. The van der Waals surface area contributed by atoms with Crippen LogP contribution in [-0.2, 0) is 16.0 Å². The molecule has 0 saturated heterocycles. The molecule has 1 amide bonds. The van der Waals surface area contributed by atoms with Crippen LogP contribution in [-0.4, -0.2) is 44.7 Å². The summed E-state index contributed by atoms with van der Waals surface area (Å²) in [5, 5.41) is 0. The number of carbonyl (C=O) groups is 2. The number of nitrogens with zero attached hydrogens (tertiary/aromatic N) is 1. The zero-order valence-electron chi connectivity index (χ0n) is 13.4. The van der Waals surface area contributed by atoms with Crippen molar-refractivity contribution in [2.45, 2.75) is 18.9 Å². The molecule has 1 aliphatic heterocycles. The number of ether oxygens (including phenoxy) is 3. The van der Waals surface area contributed by atoms with Crippen molar-refractivity contribution in [1.29, 1.82) is 0 Å². The average Bonchev–Trinajstić information content (AvgIpc) is 2.58. The van der Waals surface area contributed by atoms with Crippen LogP contribution in [0, 0.1) is 0 Å². The van der Waals surface area contributed by atoms with E-state index < -0.39 is 6.09 Å². The Bertz CT molecular complexity index is 599. The number of benzene rings is 1. The van der Waals surface area contributed by atoms with E-state index in [1.165, 1.54) is 6.08 Å². The Morgan fingerprint density at radius 2 is 2.04 bits per heavy atom. The number of methoxy groups -OCH3 is 2. The zero-order chi connectivity index (χ0) is 16.8. The summed E-state index contributed by atoms with van der Waals surface area (Å²) in [4.78, 5) is 24.9. The second kappa shape index (κ2) is 7.67. The smallest absolute Gasteiger partial charge is 0.410 e. The van der Waals surface area contributed by atoms with Gasteiger partial charge in [0.1, 0.15) is 12.9 Å². The highest BCUT2D eigenvalue weighted by molar-refractivity contribution is 5.70. The van der Waals surface area contributed by atoms with E-state index in [1.54, 1.807) is 19.1 Å².